The molecule has 86 valence electrons. The van der Waals surface area contributed by atoms with E-state index in [0.29, 0.717) is 0 Å². The zero-order valence-corrected chi connectivity index (χ0v) is 10.5. The smallest absolute Gasteiger partial charge is 0.134 e. The molecule has 1 heterocycles. The van der Waals surface area contributed by atoms with Crippen molar-refractivity contribution in [2.45, 2.75) is 34.2 Å². The second kappa shape index (κ2) is 4.30. The van der Waals surface area contributed by atoms with Crippen LogP contribution >= 0.6 is 0 Å². The summed E-state index contributed by atoms with van der Waals surface area (Å²) in [5, 5.41) is 4.55. The van der Waals surface area contributed by atoms with Crippen LogP contribution in [0.25, 0.3) is 11.0 Å². The Morgan fingerprint density at radius 2 is 1.81 bits per heavy atom. The third kappa shape index (κ3) is 1.85. The van der Waals surface area contributed by atoms with E-state index in [1.807, 2.05) is 0 Å². The van der Waals surface area contributed by atoms with Crippen LogP contribution in [0.15, 0.2) is 16.5 Å². The van der Waals surface area contributed by atoms with Crippen molar-refractivity contribution < 1.29 is 4.42 Å². The van der Waals surface area contributed by atoms with Gasteiger partial charge in [-0.25, -0.2) is 0 Å². The largest absolute Gasteiger partial charge is 0.459 e. The van der Waals surface area contributed by atoms with Crippen LogP contribution in [0.1, 0.15) is 29.4 Å². The lowest BCUT2D eigenvalue weighted by Gasteiger charge is -1.98. The molecule has 0 fully saturated rings. The minimum absolute atomic E-state index is 0.815. The molecule has 0 atom stereocenters. The summed E-state index contributed by atoms with van der Waals surface area (Å²) < 4.78 is 5.87. The van der Waals surface area contributed by atoms with E-state index in [-0.39, 0.29) is 0 Å². The SMILES string of the molecule is CCNCc1oc2cc(C)c(C)cc2c1C. The second-order valence-electron chi connectivity index (χ2n) is 4.36. The van der Waals surface area contributed by atoms with Gasteiger partial charge in [0.1, 0.15) is 11.3 Å². The molecule has 2 aromatic rings. The van der Waals surface area contributed by atoms with Gasteiger partial charge in [-0.3, -0.25) is 0 Å². The summed E-state index contributed by atoms with van der Waals surface area (Å²) in [6.07, 6.45) is 0. The Balaban J connectivity index is 2.50. The normalized spacial score (nSPS) is 11.2. The Hall–Kier alpha value is -1.28. The van der Waals surface area contributed by atoms with Gasteiger partial charge in [0.15, 0.2) is 0 Å². The molecule has 0 bridgehead atoms. The Labute approximate surface area is 96.6 Å². The molecule has 16 heavy (non-hydrogen) atoms. The summed E-state index contributed by atoms with van der Waals surface area (Å²) in [5.41, 5.74) is 4.88. The molecular weight excluding hydrogens is 198 g/mol. The summed E-state index contributed by atoms with van der Waals surface area (Å²) in [5.74, 6) is 1.06. The molecule has 0 aliphatic rings. The van der Waals surface area contributed by atoms with Gasteiger partial charge in [0.2, 0.25) is 0 Å². The van der Waals surface area contributed by atoms with Crippen molar-refractivity contribution in [3.8, 4) is 0 Å². The molecule has 0 spiro atoms. The fraction of sp³-hybridized carbons (Fsp3) is 0.429. The van der Waals surface area contributed by atoms with Crippen molar-refractivity contribution in [3.05, 3.63) is 34.6 Å². The van der Waals surface area contributed by atoms with Gasteiger partial charge in [-0.1, -0.05) is 6.92 Å². The molecule has 0 unspecified atom stereocenters. The van der Waals surface area contributed by atoms with Crippen LogP contribution < -0.4 is 5.32 Å². The molecule has 1 aromatic heterocycles. The number of hydrogen-bond acceptors (Lipinski definition) is 2. The van der Waals surface area contributed by atoms with E-state index in [1.165, 1.54) is 22.1 Å². The third-order valence-corrected chi connectivity index (χ3v) is 3.19. The van der Waals surface area contributed by atoms with Crippen LogP contribution in [0, 0.1) is 20.8 Å². The molecule has 2 heteroatoms. The quantitative estimate of drug-likeness (QED) is 0.851. The number of nitrogens with one attached hydrogen (secondary N) is 1. The molecule has 1 aromatic carbocycles. The Bertz CT molecular complexity index is 511. The summed E-state index contributed by atoms with van der Waals surface area (Å²) in [6.45, 7) is 10.3. The zero-order valence-electron chi connectivity index (χ0n) is 10.5. The molecule has 1 N–H and O–H groups in total. The monoisotopic (exact) mass is 217 g/mol. The lowest BCUT2D eigenvalue weighted by atomic mass is 10.1. The fourth-order valence-electron chi connectivity index (χ4n) is 1.93. The van der Waals surface area contributed by atoms with Crippen LogP contribution in [-0.4, -0.2) is 6.54 Å². The fourth-order valence-corrected chi connectivity index (χ4v) is 1.93. The van der Waals surface area contributed by atoms with E-state index >= 15 is 0 Å². The highest BCUT2D eigenvalue weighted by Gasteiger charge is 2.10. The maximum Gasteiger partial charge on any atom is 0.134 e. The van der Waals surface area contributed by atoms with E-state index in [0.717, 1.165) is 24.4 Å². The maximum atomic E-state index is 5.87. The average Bonchev–Trinajstić information content (AvgIpc) is 2.54. The van der Waals surface area contributed by atoms with Gasteiger partial charge in [-0.2, -0.15) is 0 Å². The molecule has 0 saturated carbocycles. The van der Waals surface area contributed by atoms with Crippen molar-refractivity contribution in [2.75, 3.05) is 6.54 Å². The first-order valence-corrected chi connectivity index (χ1v) is 5.83. The molecular formula is C14H19NO. The van der Waals surface area contributed by atoms with Crippen molar-refractivity contribution in [1.29, 1.82) is 0 Å². The first kappa shape index (κ1) is 11.2. The van der Waals surface area contributed by atoms with Crippen molar-refractivity contribution in [2.24, 2.45) is 0 Å². The number of rotatable bonds is 3. The van der Waals surface area contributed by atoms with Gasteiger partial charge in [-0.05, 0) is 56.1 Å². The van der Waals surface area contributed by atoms with Gasteiger partial charge in [0.05, 0.1) is 6.54 Å². The van der Waals surface area contributed by atoms with Gasteiger partial charge >= 0.3 is 0 Å². The third-order valence-electron chi connectivity index (χ3n) is 3.19. The molecule has 0 saturated heterocycles. The molecule has 0 aliphatic carbocycles. The second-order valence-corrected chi connectivity index (χ2v) is 4.36. The number of fused-ring (bicyclic) bond motifs is 1. The van der Waals surface area contributed by atoms with Crippen LogP contribution in [0.3, 0.4) is 0 Å². The van der Waals surface area contributed by atoms with E-state index in [1.54, 1.807) is 0 Å². The lowest BCUT2D eigenvalue weighted by Crippen LogP contribution is -2.11. The first-order chi connectivity index (χ1) is 7.63. The van der Waals surface area contributed by atoms with E-state index in [2.05, 4.69) is 45.1 Å². The molecule has 0 radical (unpaired) electrons. The highest BCUT2D eigenvalue weighted by Crippen LogP contribution is 2.27. The number of hydrogen-bond donors (Lipinski definition) is 1. The average molecular weight is 217 g/mol. The highest BCUT2D eigenvalue weighted by molar-refractivity contribution is 5.83. The topological polar surface area (TPSA) is 25.2 Å². The summed E-state index contributed by atoms with van der Waals surface area (Å²) in [6, 6.07) is 4.35. The maximum absolute atomic E-state index is 5.87. The van der Waals surface area contributed by atoms with Crippen molar-refractivity contribution in [1.82, 2.24) is 5.32 Å². The Kier molecular flexibility index (Phi) is 3.01. The minimum atomic E-state index is 0.815. The summed E-state index contributed by atoms with van der Waals surface area (Å²) >= 11 is 0. The predicted molar refractivity (Wildman–Crippen MR) is 67.8 cm³/mol. The van der Waals surface area contributed by atoms with Crippen molar-refractivity contribution in [3.63, 3.8) is 0 Å². The number of furan rings is 1. The Morgan fingerprint density at radius 1 is 1.12 bits per heavy atom. The lowest BCUT2D eigenvalue weighted by molar-refractivity contribution is 0.516. The highest BCUT2D eigenvalue weighted by atomic mass is 16.3. The molecule has 0 aliphatic heterocycles. The summed E-state index contributed by atoms with van der Waals surface area (Å²) in [4.78, 5) is 0. The van der Waals surface area contributed by atoms with Gasteiger partial charge in [-0.15, -0.1) is 0 Å². The molecule has 2 nitrogen and oxygen atoms in total. The van der Waals surface area contributed by atoms with Gasteiger partial charge < -0.3 is 9.73 Å². The Morgan fingerprint density at radius 3 is 2.50 bits per heavy atom. The standard InChI is InChI=1S/C14H19NO/c1-5-15-8-14-11(4)12-6-9(2)10(3)7-13(12)16-14/h6-7,15H,5,8H2,1-4H3. The molecule has 2 rings (SSSR count). The van der Waals surface area contributed by atoms with Gasteiger partial charge in [0.25, 0.3) is 0 Å². The van der Waals surface area contributed by atoms with E-state index in [4.69, 9.17) is 4.42 Å². The van der Waals surface area contributed by atoms with Gasteiger partial charge in [0, 0.05) is 5.39 Å². The van der Waals surface area contributed by atoms with Crippen LogP contribution in [0.2, 0.25) is 0 Å². The predicted octanol–water partition coefficient (Wildman–Crippen LogP) is 3.47. The van der Waals surface area contributed by atoms with E-state index < -0.39 is 0 Å². The molecule has 0 amide bonds. The van der Waals surface area contributed by atoms with Crippen LogP contribution in [0.5, 0.6) is 0 Å². The minimum Gasteiger partial charge on any atom is -0.459 e. The van der Waals surface area contributed by atoms with E-state index in [9.17, 15) is 0 Å². The van der Waals surface area contributed by atoms with Crippen molar-refractivity contribution >= 4 is 11.0 Å². The number of benzene rings is 1. The first-order valence-electron chi connectivity index (χ1n) is 5.83. The summed E-state index contributed by atoms with van der Waals surface area (Å²) in [7, 11) is 0. The number of aryl methyl sites for hydroxylation is 3. The van der Waals surface area contributed by atoms with Crippen LogP contribution in [0.4, 0.5) is 0 Å². The van der Waals surface area contributed by atoms with Crippen LogP contribution in [-0.2, 0) is 6.54 Å². The zero-order chi connectivity index (χ0) is 11.7.